The molecule has 0 aromatic rings. The van der Waals surface area contributed by atoms with Crippen molar-refractivity contribution in [1.29, 1.82) is 0 Å². The van der Waals surface area contributed by atoms with E-state index in [0.717, 1.165) is 12.5 Å². The van der Waals surface area contributed by atoms with Gasteiger partial charge in [0, 0.05) is 6.04 Å². The summed E-state index contributed by atoms with van der Waals surface area (Å²) in [6.45, 7) is 4.56. The van der Waals surface area contributed by atoms with Crippen molar-refractivity contribution in [3.63, 3.8) is 0 Å². The van der Waals surface area contributed by atoms with Gasteiger partial charge < -0.3 is 4.90 Å². The van der Waals surface area contributed by atoms with Crippen LogP contribution >= 0.6 is 0 Å². The summed E-state index contributed by atoms with van der Waals surface area (Å²) in [6.07, 6.45) is 32.5. The fourth-order valence-electron chi connectivity index (χ4n) is 3.66. The van der Waals surface area contributed by atoms with Gasteiger partial charge in [0.2, 0.25) is 0 Å². The zero-order valence-corrected chi connectivity index (χ0v) is 19.4. The first kappa shape index (κ1) is 26.4. The summed E-state index contributed by atoms with van der Waals surface area (Å²) < 4.78 is 0. The molecule has 0 aliphatic heterocycles. The van der Waals surface area contributed by atoms with Crippen LogP contribution in [-0.4, -0.2) is 25.0 Å². The minimum absolute atomic E-state index is 0.805. The molecule has 27 heavy (non-hydrogen) atoms. The van der Waals surface area contributed by atoms with E-state index in [-0.39, 0.29) is 0 Å². The standard InChI is InChI=1S/C26H51N/c1-5-7-9-11-12-13-14-15-16-17-18-19-20-21-23-25-26(27(3)4)24-22-10-8-6-2/h12-13,15-16,26H,5-11,14,17-25H2,1-4H3/b13-12-,16-15?. The smallest absolute Gasteiger partial charge is 0.00891 e. The van der Waals surface area contributed by atoms with Crippen LogP contribution < -0.4 is 0 Å². The number of hydrogen-bond donors (Lipinski definition) is 0. The molecular weight excluding hydrogens is 326 g/mol. The van der Waals surface area contributed by atoms with Crippen LogP contribution in [0.3, 0.4) is 0 Å². The molecule has 0 saturated carbocycles. The van der Waals surface area contributed by atoms with Crippen molar-refractivity contribution in [2.75, 3.05) is 14.1 Å². The van der Waals surface area contributed by atoms with E-state index in [4.69, 9.17) is 0 Å². The average Bonchev–Trinajstić information content (AvgIpc) is 2.66. The van der Waals surface area contributed by atoms with Gasteiger partial charge >= 0.3 is 0 Å². The lowest BCUT2D eigenvalue weighted by Crippen LogP contribution is -2.27. The second-order valence-corrected chi connectivity index (χ2v) is 8.49. The lowest BCUT2D eigenvalue weighted by atomic mass is 10.00. The van der Waals surface area contributed by atoms with Crippen molar-refractivity contribution >= 4 is 0 Å². The molecule has 0 aliphatic rings. The lowest BCUT2D eigenvalue weighted by Gasteiger charge is -2.24. The Balaban J connectivity index is 3.47. The normalized spacial score (nSPS) is 13.4. The molecule has 0 aliphatic carbocycles. The molecule has 160 valence electrons. The average molecular weight is 378 g/mol. The van der Waals surface area contributed by atoms with Gasteiger partial charge in [-0.3, -0.25) is 0 Å². The highest BCUT2D eigenvalue weighted by molar-refractivity contribution is 4.92. The van der Waals surface area contributed by atoms with E-state index < -0.39 is 0 Å². The van der Waals surface area contributed by atoms with Crippen LogP contribution in [0.15, 0.2) is 24.3 Å². The van der Waals surface area contributed by atoms with Gasteiger partial charge in [-0.25, -0.2) is 0 Å². The summed E-state index contributed by atoms with van der Waals surface area (Å²) >= 11 is 0. The van der Waals surface area contributed by atoms with Crippen LogP contribution in [-0.2, 0) is 0 Å². The van der Waals surface area contributed by atoms with Crippen LogP contribution in [0.2, 0.25) is 0 Å². The van der Waals surface area contributed by atoms with Gasteiger partial charge in [-0.05, 0) is 59.0 Å². The first-order valence-corrected chi connectivity index (χ1v) is 12.2. The van der Waals surface area contributed by atoms with Crippen LogP contribution in [0.1, 0.15) is 123 Å². The second kappa shape index (κ2) is 21.7. The third kappa shape index (κ3) is 20.0. The minimum Gasteiger partial charge on any atom is -0.306 e. The molecule has 0 N–H and O–H groups in total. The first-order valence-electron chi connectivity index (χ1n) is 12.2. The Hall–Kier alpha value is -0.560. The van der Waals surface area contributed by atoms with E-state index in [1.807, 2.05) is 0 Å². The van der Waals surface area contributed by atoms with E-state index in [2.05, 4.69) is 57.1 Å². The lowest BCUT2D eigenvalue weighted by molar-refractivity contribution is 0.251. The van der Waals surface area contributed by atoms with Gasteiger partial charge in [-0.1, -0.05) is 102 Å². The van der Waals surface area contributed by atoms with Crippen molar-refractivity contribution in [3.05, 3.63) is 24.3 Å². The number of allylic oxidation sites excluding steroid dienone is 4. The third-order valence-electron chi connectivity index (χ3n) is 5.61. The zero-order chi connectivity index (χ0) is 20.0. The van der Waals surface area contributed by atoms with Gasteiger partial charge in [0.15, 0.2) is 0 Å². The monoisotopic (exact) mass is 377 g/mol. The highest BCUT2D eigenvalue weighted by Gasteiger charge is 2.10. The zero-order valence-electron chi connectivity index (χ0n) is 19.4. The highest BCUT2D eigenvalue weighted by Crippen LogP contribution is 2.16. The molecule has 0 aromatic heterocycles. The van der Waals surface area contributed by atoms with Gasteiger partial charge in [0.05, 0.1) is 0 Å². The number of unbranched alkanes of at least 4 members (excludes halogenated alkanes) is 11. The molecule has 0 saturated heterocycles. The summed E-state index contributed by atoms with van der Waals surface area (Å²) in [5.74, 6) is 0. The maximum atomic E-state index is 2.45. The summed E-state index contributed by atoms with van der Waals surface area (Å²) in [6, 6.07) is 0.805. The van der Waals surface area contributed by atoms with E-state index in [0.29, 0.717) is 0 Å². The predicted octanol–water partition coefficient (Wildman–Crippen LogP) is 8.70. The maximum absolute atomic E-state index is 2.45. The highest BCUT2D eigenvalue weighted by atomic mass is 15.1. The van der Waals surface area contributed by atoms with Crippen molar-refractivity contribution in [1.82, 2.24) is 4.90 Å². The van der Waals surface area contributed by atoms with Crippen molar-refractivity contribution in [3.8, 4) is 0 Å². The van der Waals surface area contributed by atoms with Crippen molar-refractivity contribution in [2.45, 2.75) is 129 Å². The Bertz CT molecular complexity index is 329. The quantitative estimate of drug-likeness (QED) is 0.151. The molecule has 0 radical (unpaired) electrons. The fraction of sp³-hybridized carbons (Fsp3) is 0.846. The molecule has 1 nitrogen and oxygen atoms in total. The van der Waals surface area contributed by atoms with Gasteiger partial charge in [-0.2, -0.15) is 0 Å². The number of rotatable bonds is 20. The van der Waals surface area contributed by atoms with Crippen LogP contribution in [0.5, 0.6) is 0 Å². The Morgan fingerprint density at radius 1 is 0.556 bits per heavy atom. The molecule has 1 heteroatoms. The largest absolute Gasteiger partial charge is 0.306 e. The Labute approximate surface area is 172 Å². The SMILES string of the molecule is CCCCC/C=C\CC=CCCCCCCCC(CCCCCC)N(C)C. The van der Waals surface area contributed by atoms with E-state index >= 15 is 0 Å². The molecule has 0 amide bonds. The molecule has 0 bridgehead atoms. The topological polar surface area (TPSA) is 3.24 Å². The minimum atomic E-state index is 0.805. The number of hydrogen-bond acceptors (Lipinski definition) is 1. The predicted molar refractivity (Wildman–Crippen MR) is 126 cm³/mol. The second-order valence-electron chi connectivity index (χ2n) is 8.49. The summed E-state index contributed by atoms with van der Waals surface area (Å²) in [5, 5.41) is 0. The Morgan fingerprint density at radius 3 is 1.56 bits per heavy atom. The molecule has 0 aromatic carbocycles. The van der Waals surface area contributed by atoms with E-state index in [1.165, 1.54) is 103 Å². The van der Waals surface area contributed by atoms with Crippen LogP contribution in [0.25, 0.3) is 0 Å². The molecule has 0 fully saturated rings. The first-order chi connectivity index (χ1) is 13.2. The summed E-state index contributed by atoms with van der Waals surface area (Å²) in [7, 11) is 4.52. The molecule has 0 rings (SSSR count). The molecule has 0 spiro atoms. The maximum Gasteiger partial charge on any atom is 0.00891 e. The van der Waals surface area contributed by atoms with Crippen LogP contribution in [0.4, 0.5) is 0 Å². The van der Waals surface area contributed by atoms with Gasteiger partial charge in [-0.15, -0.1) is 0 Å². The van der Waals surface area contributed by atoms with Crippen molar-refractivity contribution in [2.24, 2.45) is 0 Å². The van der Waals surface area contributed by atoms with Gasteiger partial charge in [0.1, 0.15) is 0 Å². The molecule has 0 heterocycles. The summed E-state index contributed by atoms with van der Waals surface area (Å²) in [5.41, 5.74) is 0. The molecular formula is C26H51N. The molecule has 1 atom stereocenters. The third-order valence-corrected chi connectivity index (χ3v) is 5.61. The fourth-order valence-corrected chi connectivity index (χ4v) is 3.66. The Morgan fingerprint density at radius 2 is 1.00 bits per heavy atom. The van der Waals surface area contributed by atoms with Crippen LogP contribution in [0, 0.1) is 0 Å². The molecule has 1 unspecified atom stereocenters. The van der Waals surface area contributed by atoms with Gasteiger partial charge in [0.25, 0.3) is 0 Å². The number of nitrogens with zero attached hydrogens (tertiary/aromatic N) is 1. The summed E-state index contributed by atoms with van der Waals surface area (Å²) in [4.78, 5) is 2.45. The van der Waals surface area contributed by atoms with E-state index in [9.17, 15) is 0 Å². The van der Waals surface area contributed by atoms with Crippen molar-refractivity contribution < 1.29 is 0 Å². The van der Waals surface area contributed by atoms with E-state index in [1.54, 1.807) is 0 Å². The Kier molecular flexibility index (Phi) is 21.3.